The van der Waals surface area contributed by atoms with Gasteiger partial charge in [0.1, 0.15) is 5.52 Å². The van der Waals surface area contributed by atoms with E-state index in [0.717, 1.165) is 39.9 Å². The van der Waals surface area contributed by atoms with Crippen LogP contribution < -0.4 is 5.32 Å². The van der Waals surface area contributed by atoms with Crippen molar-refractivity contribution in [3.63, 3.8) is 0 Å². The predicted molar refractivity (Wildman–Crippen MR) is 95.4 cm³/mol. The van der Waals surface area contributed by atoms with Gasteiger partial charge in [-0.2, -0.15) is 0 Å². The van der Waals surface area contributed by atoms with Crippen LogP contribution in [0.2, 0.25) is 5.02 Å². The molecule has 1 fully saturated rings. The van der Waals surface area contributed by atoms with Crippen molar-refractivity contribution in [3.05, 3.63) is 57.0 Å². The quantitative estimate of drug-likeness (QED) is 0.726. The molecule has 2 aromatic carbocycles. The molecule has 1 heterocycles. The number of hydrogen-bond acceptors (Lipinski definition) is 3. The van der Waals surface area contributed by atoms with Gasteiger partial charge in [-0.15, -0.1) is 5.10 Å². The van der Waals surface area contributed by atoms with E-state index in [1.165, 1.54) is 11.1 Å². The molecule has 0 unspecified atom stereocenters. The van der Waals surface area contributed by atoms with Gasteiger partial charge in [-0.3, -0.25) is 0 Å². The van der Waals surface area contributed by atoms with E-state index in [9.17, 15) is 0 Å². The number of aryl methyl sites for hydroxylation is 1. The summed E-state index contributed by atoms with van der Waals surface area (Å²) in [6, 6.07) is 12.4. The second kappa shape index (κ2) is 5.58. The van der Waals surface area contributed by atoms with Gasteiger partial charge in [0.25, 0.3) is 0 Å². The van der Waals surface area contributed by atoms with Crippen molar-refractivity contribution in [2.75, 3.05) is 0 Å². The Hall–Kier alpha value is -1.43. The number of halogens is 2. The molecule has 118 valence electrons. The summed E-state index contributed by atoms with van der Waals surface area (Å²) >= 11 is 9.71. The summed E-state index contributed by atoms with van der Waals surface area (Å²) in [5.74, 6) is 0. The highest BCUT2D eigenvalue weighted by Crippen LogP contribution is 2.47. The molecule has 1 N–H and O–H groups in total. The zero-order valence-electron chi connectivity index (χ0n) is 12.7. The van der Waals surface area contributed by atoms with Gasteiger partial charge >= 0.3 is 0 Å². The van der Waals surface area contributed by atoms with E-state index < -0.39 is 0 Å². The first-order valence-corrected chi connectivity index (χ1v) is 8.74. The minimum absolute atomic E-state index is 0.0402. The molecule has 1 saturated carbocycles. The Labute approximate surface area is 148 Å². The Balaban J connectivity index is 1.60. The Morgan fingerprint density at radius 1 is 1.30 bits per heavy atom. The van der Waals surface area contributed by atoms with Gasteiger partial charge in [-0.1, -0.05) is 35.0 Å². The first-order valence-electron chi connectivity index (χ1n) is 7.57. The van der Waals surface area contributed by atoms with E-state index in [4.69, 9.17) is 11.6 Å². The lowest BCUT2D eigenvalue weighted by Crippen LogP contribution is -2.28. The number of nitrogens with one attached hydrogen (secondary N) is 1. The first-order chi connectivity index (χ1) is 11.1. The molecule has 1 aliphatic rings. The van der Waals surface area contributed by atoms with Crippen LogP contribution in [0.3, 0.4) is 0 Å². The molecule has 0 bridgehead atoms. The monoisotopic (exact) mass is 390 g/mol. The van der Waals surface area contributed by atoms with Gasteiger partial charge in [0.05, 0.1) is 10.5 Å². The Bertz CT molecular complexity index is 885. The summed E-state index contributed by atoms with van der Waals surface area (Å²) in [7, 11) is 1.93. The fraction of sp³-hybridized carbons (Fsp3) is 0.294. The van der Waals surface area contributed by atoms with Crippen LogP contribution in [0.25, 0.3) is 11.0 Å². The van der Waals surface area contributed by atoms with E-state index >= 15 is 0 Å². The third kappa shape index (κ3) is 2.67. The molecule has 0 spiro atoms. The van der Waals surface area contributed by atoms with Crippen LogP contribution >= 0.6 is 27.5 Å². The van der Waals surface area contributed by atoms with Crippen LogP contribution in [0.4, 0.5) is 0 Å². The number of fused-ring (bicyclic) bond motifs is 1. The Morgan fingerprint density at radius 2 is 2.13 bits per heavy atom. The Morgan fingerprint density at radius 3 is 2.87 bits per heavy atom. The molecular formula is C17H16BrClN4. The zero-order chi connectivity index (χ0) is 16.0. The Kier molecular flexibility index (Phi) is 3.67. The van der Waals surface area contributed by atoms with Crippen LogP contribution in [0, 0.1) is 0 Å². The number of rotatable bonds is 4. The van der Waals surface area contributed by atoms with Crippen LogP contribution in [-0.2, 0) is 19.1 Å². The molecule has 0 aliphatic heterocycles. The molecule has 1 aromatic heterocycles. The maximum atomic E-state index is 6.25. The lowest BCUT2D eigenvalue weighted by Gasteiger charge is -2.19. The van der Waals surface area contributed by atoms with Gasteiger partial charge < -0.3 is 5.32 Å². The normalized spacial score (nSPS) is 16.0. The summed E-state index contributed by atoms with van der Waals surface area (Å²) in [6.07, 6.45) is 2.26. The summed E-state index contributed by atoms with van der Waals surface area (Å²) in [6.45, 7) is 0.784. The molecule has 0 amide bonds. The van der Waals surface area contributed by atoms with Gasteiger partial charge in [0.2, 0.25) is 0 Å². The highest BCUT2D eigenvalue weighted by molar-refractivity contribution is 9.10. The third-order valence-electron chi connectivity index (χ3n) is 4.55. The van der Waals surface area contributed by atoms with E-state index in [-0.39, 0.29) is 5.54 Å². The van der Waals surface area contributed by atoms with Crippen LogP contribution in [0.5, 0.6) is 0 Å². The fourth-order valence-corrected chi connectivity index (χ4v) is 3.51. The molecule has 4 rings (SSSR count). The first kappa shape index (κ1) is 15.1. The SMILES string of the molecule is Cn1nnc2cccc(CNC3(c4ccc(Br)c(Cl)c4)CC3)c21. The second-order valence-electron chi connectivity index (χ2n) is 6.06. The summed E-state index contributed by atoms with van der Waals surface area (Å²) in [4.78, 5) is 0. The average molecular weight is 392 g/mol. The second-order valence-corrected chi connectivity index (χ2v) is 7.32. The standard InChI is InChI=1S/C17H16BrClN4/c1-23-16-11(3-2-4-15(16)21-22-23)10-20-17(7-8-17)12-5-6-13(18)14(19)9-12/h2-6,9,20H,7-8,10H2,1H3. The molecule has 0 atom stereocenters. The van der Waals surface area contributed by atoms with Crippen LogP contribution in [0.15, 0.2) is 40.9 Å². The van der Waals surface area contributed by atoms with Gasteiger partial charge in [-0.25, -0.2) is 4.68 Å². The predicted octanol–water partition coefficient (Wildman–Crippen LogP) is 4.16. The number of hydrogen-bond donors (Lipinski definition) is 1. The van der Waals surface area contributed by atoms with Gasteiger partial charge in [-0.05, 0) is 58.1 Å². The number of aromatic nitrogens is 3. The zero-order valence-corrected chi connectivity index (χ0v) is 15.0. The molecule has 6 heteroatoms. The molecular weight excluding hydrogens is 376 g/mol. The largest absolute Gasteiger partial charge is 0.303 e. The summed E-state index contributed by atoms with van der Waals surface area (Å²) < 4.78 is 2.77. The minimum Gasteiger partial charge on any atom is -0.303 e. The molecule has 0 saturated heterocycles. The minimum atomic E-state index is 0.0402. The summed E-state index contributed by atoms with van der Waals surface area (Å²) in [5.41, 5.74) is 4.52. The highest BCUT2D eigenvalue weighted by atomic mass is 79.9. The van der Waals surface area contributed by atoms with E-state index in [2.05, 4.69) is 49.8 Å². The molecule has 3 aromatic rings. The van der Waals surface area contributed by atoms with Crippen molar-refractivity contribution in [1.29, 1.82) is 0 Å². The van der Waals surface area contributed by atoms with E-state index in [0.29, 0.717) is 0 Å². The lowest BCUT2D eigenvalue weighted by atomic mass is 10.0. The smallest absolute Gasteiger partial charge is 0.113 e. The van der Waals surface area contributed by atoms with Crippen molar-refractivity contribution in [2.24, 2.45) is 7.05 Å². The maximum Gasteiger partial charge on any atom is 0.113 e. The van der Waals surface area contributed by atoms with Crippen LogP contribution in [-0.4, -0.2) is 15.0 Å². The fourth-order valence-electron chi connectivity index (χ4n) is 3.09. The molecule has 23 heavy (non-hydrogen) atoms. The van der Waals surface area contributed by atoms with Crippen LogP contribution in [0.1, 0.15) is 24.0 Å². The van der Waals surface area contributed by atoms with Gasteiger partial charge in [0, 0.05) is 23.6 Å². The number of nitrogens with zero attached hydrogens (tertiary/aromatic N) is 3. The average Bonchev–Trinajstić information content (AvgIpc) is 3.25. The molecule has 4 nitrogen and oxygen atoms in total. The third-order valence-corrected chi connectivity index (χ3v) is 5.78. The highest BCUT2D eigenvalue weighted by Gasteiger charge is 2.44. The topological polar surface area (TPSA) is 42.7 Å². The van der Waals surface area contributed by atoms with E-state index in [1.807, 2.05) is 29.9 Å². The van der Waals surface area contributed by atoms with Crippen molar-refractivity contribution in [3.8, 4) is 0 Å². The number of benzene rings is 2. The lowest BCUT2D eigenvalue weighted by molar-refractivity contribution is 0.519. The van der Waals surface area contributed by atoms with Gasteiger partial charge in [0.15, 0.2) is 0 Å². The van der Waals surface area contributed by atoms with Crippen molar-refractivity contribution in [2.45, 2.75) is 24.9 Å². The van der Waals surface area contributed by atoms with E-state index in [1.54, 1.807) is 0 Å². The van der Waals surface area contributed by atoms with Crippen molar-refractivity contribution in [1.82, 2.24) is 20.3 Å². The van der Waals surface area contributed by atoms with Crippen molar-refractivity contribution >= 4 is 38.6 Å². The number of para-hydroxylation sites is 1. The molecule has 1 aliphatic carbocycles. The maximum absolute atomic E-state index is 6.25. The van der Waals surface area contributed by atoms with Crippen molar-refractivity contribution < 1.29 is 0 Å². The summed E-state index contributed by atoms with van der Waals surface area (Å²) in [5, 5.41) is 12.8. The molecule has 0 radical (unpaired) electrons.